The second kappa shape index (κ2) is 10.2. The molecule has 0 aliphatic heterocycles. The van der Waals surface area contributed by atoms with E-state index >= 15 is 0 Å². The van der Waals surface area contributed by atoms with Crippen LogP contribution in [0.2, 0.25) is 0 Å². The zero-order valence-electron chi connectivity index (χ0n) is 15.4. The minimum absolute atomic E-state index is 0.0680. The van der Waals surface area contributed by atoms with Gasteiger partial charge in [0.2, 0.25) is 0 Å². The molecule has 0 unspecified atom stereocenters. The number of carbonyl (C=O) groups excluding carboxylic acids is 1. The van der Waals surface area contributed by atoms with Crippen molar-refractivity contribution < 1.29 is 23.7 Å². The number of methoxy groups -OCH3 is 2. The maximum atomic E-state index is 12.0. The summed E-state index contributed by atoms with van der Waals surface area (Å²) in [6, 6.07) is 12.7. The van der Waals surface area contributed by atoms with E-state index in [1.165, 1.54) is 0 Å². The van der Waals surface area contributed by atoms with Gasteiger partial charge in [-0.3, -0.25) is 4.79 Å². The lowest BCUT2D eigenvalue weighted by Gasteiger charge is -2.13. The first-order valence-electron chi connectivity index (χ1n) is 8.50. The van der Waals surface area contributed by atoms with Gasteiger partial charge in [0.1, 0.15) is 11.5 Å². The highest BCUT2D eigenvalue weighted by atomic mass is 16.5. The van der Waals surface area contributed by atoms with Gasteiger partial charge in [-0.2, -0.15) is 0 Å². The highest BCUT2D eigenvalue weighted by molar-refractivity contribution is 5.77. The number of benzene rings is 2. The van der Waals surface area contributed by atoms with Gasteiger partial charge in [0.05, 0.1) is 20.8 Å². The van der Waals surface area contributed by atoms with E-state index < -0.39 is 0 Å². The minimum Gasteiger partial charge on any atom is -0.494 e. The van der Waals surface area contributed by atoms with Crippen LogP contribution in [-0.4, -0.2) is 33.3 Å². The summed E-state index contributed by atoms with van der Waals surface area (Å²) in [5.74, 6) is 2.41. The second-order valence-corrected chi connectivity index (χ2v) is 5.54. The smallest absolute Gasteiger partial charge is 0.258 e. The zero-order chi connectivity index (χ0) is 18.8. The monoisotopic (exact) mass is 359 g/mol. The predicted molar refractivity (Wildman–Crippen MR) is 99.1 cm³/mol. The Kier molecular flexibility index (Phi) is 7.61. The van der Waals surface area contributed by atoms with Crippen molar-refractivity contribution in [3.05, 3.63) is 48.0 Å². The topological polar surface area (TPSA) is 66.0 Å². The zero-order valence-corrected chi connectivity index (χ0v) is 15.4. The van der Waals surface area contributed by atoms with Crippen LogP contribution in [-0.2, 0) is 11.3 Å². The Morgan fingerprint density at radius 1 is 0.962 bits per heavy atom. The van der Waals surface area contributed by atoms with Gasteiger partial charge >= 0.3 is 0 Å². The van der Waals surface area contributed by atoms with E-state index in [1.807, 2.05) is 24.3 Å². The molecule has 0 saturated heterocycles. The highest BCUT2D eigenvalue weighted by Gasteiger charge is 2.11. The Bertz CT molecular complexity index is 700. The van der Waals surface area contributed by atoms with E-state index in [-0.39, 0.29) is 12.5 Å². The van der Waals surface area contributed by atoms with Crippen LogP contribution in [0.15, 0.2) is 42.5 Å². The van der Waals surface area contributed by atoms with Crippen LogP contribution in [0.3, 0.4) is 0 Å². The van der Waals surface area contributed by atoms with E-state index in [9.17, 15) is 4.79 Å². The summed E-state index contributed by atoms with van der Waals surface area (Å²) in [6.45, 7) is 2.99. The van der Waals surface area contributed by atoms with Crippen molar-refractivity contribution in [2.24, 2.45) is 0 Å². The Morgan fingerprint density at radius 3 is 2.27 bits per heavy atom. The lowest BCUT2D eigenvalue weighted by molar-refractivity contribution is -0.123. The van der Waals surface area contributed by atoms with Gasteiger partial charge in [-0.1, -0.05) is 19.1 Å². The van der Waals surface area contributed by atoms with Gasteiger partial charge in [-0.05, 0) is 36.8 Å². The average Bonchev–Trinajstić information content (AvgIpc) is 2.69. The molecule has 140 valence electrons. The van der Waals surface area contributed by atoms with E-state index in [1.54, 1.807) is 32.4 Å². The van der Waals surface area contributed by atoms with Gasteiger partial charge < -0.3 is 24.3 Å². The van der Waals surface area contributed by atoms with Crippen molar-refractivity contribution in [2.45, 2.75) is 19.9 Å². The number of ether oxygens (including phenoxy) is 4. The first-order chi connectivity index (χ1) is 12.7. The van der Waals surface area contributed by atoms with Crippen LogP contribution in [0.1, 0.15) is 18.9 Å². The van der Waals surface area contributed by atoms with Gasteiger partial charge in [0.15, 0.2) is 18.1 Å². The molecule has 0 heterocycles. The molecule has 1 amide bonds. The standard InChI is InChI=1S/C20H25NO5/c1-4-12-25-16-8-10-17(11-9-16)26-14-19(22)21-13-15-6-5-7-18(23-2)20(15)24-3/h5-11H,4,12-14H2,1-3H3,(H,21,22). The fourth-order valence-corrected chi connectivity index (χ4v) is 2.34. The first kappa shape index (κ1) is 19.4. The molecule has 0 spiro atoms. The molecule has 1 N–H and O–H groups in total. The number of amides is 1. The summed E-state index contributed by atoms with van der Waals surface area (Å²) >= 11 is 0. The minimum atomic E-state index is -0.221. The number of rotatable bonds is 10. The molecule has 0 aromatic heterocycles. The van der Waals surface area contributed by atoms with Crippen LogP contribution >= 0.6 is 0 Å². The van der Waals surface area contributed by atoms with Crippen LogP contribution < -0.4 is 24.3 Å². The fraction of sp³-hybridized carbons (Fsp3) is 0.350. The third-order valence-corrected chi connectivity index (χ3v) is 3.63. The Morgan fingerprint density at radius 2 is 1.65 bits per heavy atom. The summed E-state index contributed by atoms with van der Waals surface area (Å²) in [5.41, 5.74) is 0.831. The molecule has 0 atom stereocenters. The van der Waals surface area contributed by atoms with E-state index in [0.717, 1.165) is 17.7 Å². The van der Waals surface area contributed by atoms with E-state index in [0.29, 0.717) is 30.4 Å². The van der Waals surface area contributed by atoms with Gasteiger partial charge in [0, 0.05) is 12.1 Å². The summed E-state index contributed by atoms with van der Waals surface area (Å²) < 4.78 is 21.6. The van der Waals surface area contributed by atoms with Crippen molar-refractivity contribution >= 4 is 5.91 Å². The van der Waals surface area contributed by atoms with Crippen molar-refractivity contribution in [3.8, 4) is 23.0 Å². The summed E-state index contributed by atoms with van der Waals surface area (Å²) in [6.07, 6.45) is 0.955. The normalized spacial score (nSPS) is 10.1. The summed E-state index contributed by atoms with van der Waals surface area (Å²) in [5, 5.41) is 2.81. The number of carbonyl (C=O) groups is 1. The summed E-state index contributed by atoms with van der Waals surface area (Å²) in [4.78, 5) is 12.0. The number of hydrogen-bond donors (Lipinski definition) is 1. The largest absolute Gasteiger partial charge is 0.494 e. The maximum absolute atomic E-state index is 12.0. The Labute approximate surface area is 154 Å². The quantitative estimate of drug-likeness (QED) is 0.706. The molecule has 2 aromatic carbocycles. The molecule has 2 aromatic rings. The molecule has 0 bridgehead atoms. The maximum Gasteiger partial charge on any atom is 0.258 e. The fourth-order valence-electron chi connectivity index (χ4n) is 2.34. The molecule has 0 fully saturated rings. The number of para-hydroxylation sites is 1. The van der Waals surface area contributed by atoms with Crippen LogP contribution in [0.4, 0.5) is 0 Å². The molecule has 0 saturated carbocycles. The lowest BCUT2D eigenvalue weighted by Crippen LogP contribution is -2.28. The third-order valence-electron chi connectivity index (χ3n) is 3.63. The van der Waals surface area contributed by atoms with Gasteiger partial charge in [-0.15, -0.1) is 0 Å². The lowest BCUT2D eigenvalue weighted by atomic mass is 10.2. The van der Waals surface area contributed by atoms with Gasteiger partial charge in [-0.25, -0.2) is 0 Å². The molecular weight excluding hydrogens is 334 g/mol. The second-order valence-electron chi connectivity index (χ2n) is 5.54. The van der Waals surface area contributed by atoms with Crippen LogP contribution in [0.5, 0.6) is 23.0 Å². The average molecular weight is 359 g/mol. The predicted octanol–water partition coefficient (Wildman–Crippen LogP) is 3.19. The SMILES string of the molecule is CCCOc1ccc(OCC(=O)NCc2cccc(OC)c2OC)cc1. The molecule has 2 rings (SSSR count). The Balaban J connectivity index is 1.82. The number of nitrogens with one attached hydrogen (secondary N) is 1. The Hall–Kier alpha value is -2.89. The number of hydrogen-bond acceptors (Lipinski definition) is 5. The van der Waals surface area contributed by atoms with Crippen LogP contribution in [0.25, 0.3) is 0 Å². The molecule has 6 nitrogen and oxygen atoms in total. The van der Waals surface area contributed by atoms with E-state index in [2.05, 4.69) is 12.2 Å². The molecule has 26 heavy (non-hydrogen) atoms. The third kappa shape index (κ3) is 5.58. The molecule has 0 aliphatic rings. The molecule has 0 radical (unpaired) electrons. The van der Waals surface area contributed by atoms with Crippen molar-refractivity contribution in [1.82, 2.24) is 5.32 Å². The van der Waals surface area contributed by atoms with E-state index in [4.69, 9.17) is 18.9 Å². The van der Waals surface area contributed by atoms with Crippen molar-refractivity contribution in [1.29, 1.82) is 0 Å². The first-order valence-corrected chi connectivity index (χ1v) is 8.50. The summed E-state index contributed by atoms with van der Waals surface area (Å²) in [7, 11) is 3.15. The molecule has 6 heteroatoms. The molecular formula is C20H25NO5. The van der Waals surface area contributed by atoms with Crippen LogP contribution in [0, 0.1) is 0 Å². The van der Waals surface area contributed by atoms with Crippen molar-refractivity contribution in [2.75, 3.05) is 27.4 Å². The highest BCUT2D eigenvalue weighted by Crippen LogP contribution is 2.30. The molecule has 0 aliphatic carbocycles. The van der Waals surface area contributed by atoms with Crippen molar-refractivity contribution in [3.63, 3.8) is 0 Å². The van der Waals surface area contributed by atoms with Gasteiger partial charge in [0.25, 0.3) is 5.91 Å².